The van der Waals surface area contributed by atoms with Gasteiger partial charge in [0, 0.05) is 48.7 Å². The minimum atomic E-state index is -0.0565. The molecule has 5 rings (SSSR count). The van der Waals surface area contributed by atoms with Crippen molar-refractivity contribution in [3.05, 3.63) is 108 Å². The lowest BCUT2D eigenvalue weighted by atomic mass is 9.96. The van der Waals surface area contributed by atoms with Crippen molar-refractivity contribution < 1.29 is 0 Å². The lowest BCUT2D eigenvalue weighted by Gasteiger charge is -2.28. The molecular formula is C28H29N5S. The highest BCUT2D eigenvalue weighted by molar-refractivity contribution is 7.80. The van der Waals surface area contributed by atoms with Crippen LogP contribution in [0.15, 0.2) is 85.1 Å². The van der Waals surface area contributed by atoms with Crippen molar-refractivity contribution in [2.45, 2.75) is 25.9 Å². The van der Waals surface area contributed by atoms with Gasteiger partial charge >= 0.3 is 0 Å². The molecule has 0 amide bonds. The van der Waals surface area contributed by atoms with Crippen molar-refractivity contribution in [1.29, 1.82) is 0 Å². The number of aryl methyl sites for hydroxylation is 1. The molecule has 1 aliphatic rings. The molecule has 34 heavy (non-hydrogen) atoms. The topological polar surface area (TPSA) is 36.3 Å². The van der Waals surface area contributed by atoms with Crippen LogP contribution < -0.4 is 15.1 Å². The normalized spacial score (nSPS) is 17.6. The molecule has 0 saturated carbocycles. The number of pyridine rings is 1. The first-order valence-corrected chi connectivity index (χ1v) is 11.9. The molecule has 2 atom stereocenters. The van der Waals surface area contributed by atoms with Crippen LogP contribution in [0, 0.1) is 13.8 Å². The molecule has 5 nitrogen and oxygen atoms in total. The molecule has 1 N–H and O–H groups in total. The molecule has 0 unspecified atom stereocenters. The third kappa shape index (κ3) is 3.84. The zero-order chi connectivity index (χ0) is 23.8. The van der Waals surface area contributed by atoms with Crippen LogP contribution in [0.25, 0.3) is 5.69 Å². The average molecular weight is 468 g/mol. The fourth-order valence-electron chi connectivity index (χ4n) is 4.92. The summed E-state index contributed by atoms with van der Waals surface area (Å²) in [5.74, 6) is 0. The van der Waals surface area contributed by atoms with Gasteiger partial charge in [0.2, 0.25) is 0 Å². The van der Waals surface area contributed by atoms with Gasteiger partial charge in [-0.25, -0.2) is 0 Å². The monoisotopic (exact) mass is 467 g/mol. The molecule has 1 saturated heterocycles. The van der Waals surface area contributed by atoms with E-state index in [1.54, 1.807) is 0 Å². The maximum absolute atomic E-state index is 5.87. The van der Waals surface area contributed by atoms with Crippen molar-refractivity contribution >= 4 is 28.7 Å². The minimum Gasteiger partial charge on any atom is -0.378 e. The second-order valence-electron chi connectivity index (χ2n) is 8.90. The van der Waals surface area contributed by atoms with Crippen molar-refractivity contribution in [1.82, 2.24) is 14.9 Å². The van der Waals surface area contributed by atoms with E-state index in [4.69, 9.17) is 12.2 Å². The summed E-state index contributed by atoms with van der Waals surface area (Å²) >= 11 is 5.87. The van der Waals surface area contributed by atoms with Gasteiger partial charge in [0.1, 0.15) is 0 Å². The lowest BCUT2D eigenvalue weighted by Crippen LogP contribution is -2.29. The molecule has 1 aliphatic heterocycles. The van der Waals surface area contributed by atoms with Gasteiger partial charge in [0.25, 0.3) is 0 Å². The van der Waals surface area contributed by atoms with Gasteiger partial charge in [-0.15, -0.1) is 0 Å². The highest BCUT2D eigenvalue weighted by atomic mass is 32.1. The van der Waals surface area contributed by atoms with E-state index < -0.39 is 0 Å². The fourth-order valence-corrected chi connectivity index (χ4v) is 5.27. The fraction of sp³-hybridized carbons (Fsp3) is 0.214. The minimum absolute atomic E-state index is 0.0224. The number of nitrogens with one attached hydrogen (secondary N) is 1. The first-order valence-electron chi connectivity index (χ1n) is 11.5. The van der Waals surface area contributed by atoms with Crippen molar-refractivity contribution in [2.75, 3.05) is 23.9 Å². The molecule has 0 radical (unpaired) electrons. The van der Waals surface area contributed by atoms with E-state index in [0.717, 1.165) is 17.1 Å². The Hall–Kier alpha value is -3.64. The molecule has 172 valence electrons. The Balaban J connectivity index is 1.64. The second-order valence-corrected chi connectivity index (χ2v) is 9.29. The summed E-state index contributed by atoms with van der Waals surface area (Å²) in [6.45, 7) is 4.36. The van der Waals surface area contributed by atoms with Crippen LogP contribution >= 0.6 is 12.2 Å². The van der Waals surface area contributed by atoms with E-state index in [1.165, 1.54) is 22.6 Å². The smallest absolute Gasteiger partial charge is 0.174 e. The summed E-state index contributed by atoms with van der Waals surface area (Å²) in [5, 5.41) is 4.28. The first kappa shape index (κ1) is 22.2. The maximum Gasteiger partial charge on any atom is 0.174 e. The third-order valence-corrected chi connectivity index (χ3v) is 6.86. The van der Waals surface area contributed by atoms with E-state index in [2.05, 4.69) is 113 Å². The molecular weight excluding hydrogens is 438 g/mol. The second kappa shape index (κ2) is 8.95. The number of anilines is 2. The van der Waals surface area contributed by atoms with Crippen LogP contribution in [0.2, 0.25) is 0 Å². The van der Waals surface area contributed by atoms with Gasteiger partial charge in [0.15, 0.2) is 5.11 Å². The van der Waals surface area contributed by atoms with Gasteiger partial charge in [-0.2, -0.15) is 0 Å². The van der Waals surface area contributed by atoms with Crippen LogP contribution in [-0.2, 0) is 0 Å². The first-order chi connectivity index (χ1) is 16.5. The molecule has 1 fully saturated rings. The van der Waals surface area contributed by atoms with E-state index in [9.17, 15) is 0 Å². The highest BCUT2D eigenvalue weighted by Crippen LogP contribution is 2.43. The molecule has 0 aliphatic carbocycles. The van der Waals surface area contributed by atoms with Gasteiger partial charge in [-0.3, -0.25) is 4.98 Å². The Morgan fingerprint density at radius 2 is 1.59 bits per heavy atom. The number of nitrogens with zero attached hydrogens (tertiary/aromatic N) is 4. The quantitative estimate of drug-likeness (QED) is 0.379. The summed E-state index contributed by atoms with van der Waals surface area (Å²) in [5.41, 5.74) is 8.02. The number of aromatic nitrogens is 2. The lowest BCUT2D eigenvalue weighted by molar-refractivity contribution is 0.565. The number of para-hydroxylation sites is 1. The SMILES string of the molecule is Cc1cc([C@@H]2[C@@H](c3ccccn3)NC(=S)N2c2ccccc2)c(C)n1-c1ccc(N(C)C)cc1. The number of hydrogen-bond acceptors (Lipinski definition) is 3. The maximum atomic E-state index is 5.87. The number of rotatable bonds is 5. The van der Waals surface area contributed by atoms with E-state index in [0.29, 0.717) is 5.11 Å². The summed E-state index contributed by atoms with van der Waals surface area (Å²) in [7, 11) is 4.12. The Bertz CT molecular complexity index is 1300. The standard InChI is InChI=1S/C28H29N5S/c1-19-18-24(20(2)32(19)23-15-13-21(14-16-23)31(3)4)27-26(25-12-8-9-17-29-25)30-28(34)33(27)22-10-6-5-7-11-22/h5-18,26-27H,1-4H3,(H,30,34)/t26-,27-/m1/s1. The molecule has 4 aromatic rings. The Morgan fingerprint density at radius 3 is 2.24 bits per heavy atom. The summed E-state index contributed by atoms with van der Waals surface area (Å²) < 4.78 is 2.33. The van der Waals surface area contributed by atoms with Crippen LogP contribution in [0.3, 0.4) is 0 Å². The van der Waals surface area contributed by atoms with E-state index in [-0.39, 0.29) is 12.1 Å². The van der Waals surface area contributed by atoms with Crippen LogP contribution in [0.1, 0.15) is 34.7 Å². The third-order valence-electron chi connectivity index (χ3n) is 6.55. The van der Waals surface area contributed by atoms with Gasteiger partial charge < -0.3 is 19.7 Å². The molecule has 0 spiro atoms. The van der Waals surface area contributed by atoms with Gasteiger partial charge in [-0.05, 0) is 86.2 Å². The van der Waals surface area contributed by atoms with Crippen LogP contribution in [0.4, 0.5) is 11.4 Å². The zero-order valence-electron chi connectivity index (χ0n) is 19.9. The van der Waals surface area contributed by atoms with Crippen molar-refractivity contribution in [2.24, 2.45) is 0 Å². The molecule has 6 heteroatoms. The van der Waals surface area contributed by atoms with E-state index in [1.807, 2.05) is 24.4 Å². The van der Waals surface area contributed by atoms with Crippen LogP contribution in [-0.4, -0.2) is 28.8 Å². The van der Waals surface area contributed by atoms with E-state index >= 15 is 0 Å². The highest BCUT2D eigenvalue weighted by Gasteiger charge is 2.42. The predicted octanol–water partition coefficient (Wildman–Crippen LogP) is 5.73. The average Bonchev–Trinajstić information content (AvgIpc) is 3.35. The molecule has 2 aromatic heterocycles. The molecule has 0 bridgehead atoms. The van der Waals surface area contributed by atoms with Crippen LogP contribution in [0.5, 0.6) is 0 Å². The predicted molar refractivity (Wildman–Crippen MR) is 144 cm³/mol. The number of benzene rings is 2. The summed E-state index contributed by atoms with van der Waals surface area (Å²) in [6, 6.07) is 27.3. The summed E-state index contributed by atoms with van der Waals surface area (Å²) in [6.07, 6.45) is 1.85. The van der Waals surface area contributed by atoms with Crippen molar-refractivity contribution in [3.8, 4) is 5.69 Å². The van der Waals surface area contributed by atoms with Crippen molar-refractivity contribution in [3.63, 3.8) is 0 Å². The largest absolute Gasteiger partial charge is 0.378 e. The van der Waals surface area contributed by atoms with Gasteiger partial charge in [0.05, 0.1) is 17.8 Å². The number of hydrogen-bond donors (Lipinski definition) is 1. The molecule has 2 aromatic carbocycles. The zero-order valence-corrected chi connectivity index (χ0v) is 20.8. The summed E-state index contributed by atoms with van der Waals surface area (Å²) in [4.78, 5) is 9.03. The Labute approximate surface area is 206 Å². The Kier molecular flexibility index (Phi) is 5.84. The molecule has 3 heterocycles. The Morgan fingerprint density at radius 1 is 0.882 bits per heavy atom. The number of thiocarbonyl (C=S) groups is 1. The van der Waals surface area contributed by atoms with Gasteiger partial charge in [-0.1, -0.05) is 24.3 Å².